The summed E-state index contributed by atoms with van der Waals surface area (Å²) >= 11 is 0. The Bertz CT molecular complexity index is 686. The highest BCUT2D eigenvalue weighted by molar-refractivity contribution is 7.91. The van der Waals surface area contributed by atoms with E-state index >= 15 is 0 Å². The van der Waals surface area contributed by atoms with E-state index in [1.165, 1.54) is 0 Å². The quantitative estimate of drug-likeness (QED) is 0.810. The number of amides is 1. The molecule has 0 aliphatic carbocycles. The van der Waals surface area contributed by atoms with Crippen LogP contribution >= 0.6 is 0 Å². The Morgan fingerprint density at radius 2 is 1.92 bits per heavy atom. The van der Waals surface area contributed by atoms with Gasteiger partial charge in [-0.25, -0.2) is 8.42 Å². The number of rotatable bonds is 7. The van der Waals surface area contributed by atoms with E-state index < -0.39 is 15.8 Å². The van der Waals surface area contributed by atoms with Crippen LogP contribution < -0.4 is 14.8 Å². The second-order valence-corrected chi connectivity index (χ2v) is 8.13. The highest BCUT2D eigenvalue weighted by Crippen LogP contribution is 2.31. The molecule has 1 aromatic rings. The first-order chi connectivity index (χ1) is 11.4. The van der Waals surface area contributed by atoms with E-state index in [4.69, 9.17) is 9.47 Å². The van der Waals surface area contributed by atoms with E-state index in [1.807, 2.05) is 39.0 Å². The summed E-state index contributed by atoms with van der Waals surface area (Å²) in [6.07, 6.45) is 0.397. The van der Waals surface area contributed by atoms with Gasteiger partial charge in [-0.05, 0) is 44.9 Å². The molecule has 1 aromatic carbocycles. The van der Waals surface area contributed by atoms with Gasteiger partial charge >= 0.3 is 0 Å². The fourth-order valence-electron chi connectivity index (χ4n) is 2.75. The third kappa shape index (κ3) is 4.63. The molecule has 1 aliphatic heterocycles. The normalized spacial score (nSPS) is 20.4. The van der Waals surface area contributed by atoms with E-state index in [0.717, 1.165) is 5.56 Å². The highest BCUT2D eigenvalue weighted by Gasteiger charge is 2.33. The van der Waals surface area contributed by atoms with Gasteiger partial charge in [0.25, 0.3) is 0 Å². The van der Waals surface area contributed by atoms with Gasteiger partial charge in [0.05, 0.1) is 36.7 Å². The van der Waals surface area contributed by atoms with E-state index in [0.29, 0.717) is 31.1 Å². The Labute approximate surface area is 143 Å². The van der Waals surface area contributed by atoms with Crippen molar-refractivity contribution in [3.8, 4) is 11.5 Å². The Balaban J connectivity index is 2.07. The molecule has 2 atom stereocenters. The molecule has 24 heavy (non-hydrogen) atoms. The summed E-state index contributed by atoms with van der Waals surface area (Å²) in [6.45, 7) is 6.73. The molecule has 1 saturated heterocycles. The van der Waals surface area contributed by atoms with Gasteiger partial charge < -0.3 is 14.8 Å². The number of sulfone groups is 1. The largest absolute Gasteiger partial charge is 0.490 e. The summed E-state index contributed by atoms with van der Waals surface area (Å²) in [5, 5.41) is 2.90. The minimum atomic E-state index is -3.06. The molecule has 1 amide bonds. The van der Waals surface area contributed by atoms with Crippen LogP contribution in [0.2, 0.25) is 0 Å². The molecule has 7 heteroatoms. The second kappa shape index (κ2) is 7.88. The first-order valence-electron chi connectivity index (χ1n) is 8.26. The van der Waals surface area contributed by atoms with E-state index in [-0.39, 0.29) is 23.5 Å². The van der Waals surface area contributed by atoms with Crippen molar-refractivity contribution in [1.29, 1.82) is 0 Å². The van der Waals surface area contributed by atoms with Gasteiger partial charge in [-0.3, -0.25) is 4.79 Å². The van der Waals surface area contributed by atoms with Crippen molar-refractivity contribution in [1.82, 2.24) is 5.32 Å². The zero-order valence-electron chi connectivity index (χ0n) is 14.4. The Morgan fingerprint density at radius 1 is 1.25 bits per heavy atom. The smallest absolute Gasteiger partial charge is 0.224 e. The van der Waals surface area contributed by atoms with Crippen molar-refractivity contribution in [2.75, 3.05) is 24.7 Å². The van der Waals surface area contributed by atoms with Crippen molar-refractivity contribution < 1.29 is 22.7 Å². The number of hydrogen-bond acceptors (Lipinski definition) is 5. The summed E-state index contributed by atoms with van der Waals surface area (Å²) in [5.74, 6) is 0.683. The molecule has 0 radical (unpaired) electrons. The second-order valence-electron chi connectivity index (χ2n) is 5.90. The van der Waals surface area contributed by atoms with Crippen LogP contribution in [0, 0.1) is 5.92 Å². The topological polar surface area (TPSA) is 81.7 Å². The summed E-state index contributed by atoms with van der Waals surface area (Å²) in [7, 11) is -3.06. The van der Waals surface area contributed by atoms with Crippen molar-refractivity contribution in [3.05, 3.63) is 23.8 Å². The molecule has 1 heterocycles. The average molecular weight is 355 g/mol. The lowest BCUT2D eigenvalue weighted by Crippen LogP contribution is -2.33. The molecule has 2 rings (SSSR count). The zero-order chi connectivity index (χ0) is 17.7. The molecular formula is C17H25NO5S. The van der Waals surface area contributed by atoms with Crippen molar-refractivity contribution >= 4 is 15.7 Å². The maximum Gasteiger partial charge on any atom is 0.224 e. The van der Waals surface area contributed by atoms with Crippen LogP contribution in [0.3, 0.4) is 0 Å². The van der Waals surface area contributed by atoms with Crippen LogP contribution in [0.5, 0.6) is 11.5 Å². The summed E-state index contributed by atoms with van der Waals surface area (Å²) in [5.41, 5.74) is 0.885. The molecule has 0 bridgehead atoms. The maximum absolute atomic E-state index is 12.3. The first-order valence-corrected chi connectivity index (χ1v) is 10.1. The van der Waals surface area contributed by atoms with Crippen LogP contribution in [0.1, 0.15) is 38.8 Å². The lowest BCUT2D eigenvalue weighted by molar-refractivity contribution is -0.124. The molecule has 0 unspecified atom stereocenters. The Morgan fingerprint density at radius 3 is 2.50 bits per heavy atom. The highest BCUT2D eigenvalue weighted by atomic mass is 32.2. The van der Waals surface area contributed by atoms with Crippen molar-refractivity contribution in [2.24, 2.45) is 5.92 Å². The first kappa shape index (κ1) is 18.6. The van der Waals surface area contributed by atoms with Gasteiger partial charge in [-0.15, -0.1) is 0 Å². The zero-order valence-corrected chi connectivity index (χ0v) is 15.2. The summed E-state index contributed by atoms with van der Waals surface area (Å²) in [4.78, 5) is 12.3. The fourth-order valence-corrected chi connectivity index (χ4v) is 4.49. The van der Waals surface area contributed by atoms with Gasteiger partial charge in [0.1, 0.15) is 0 Å². The number of carbonyl (C=O) groups excluding carboxylic acids is 1. The van der Waals surface area contributed by atoms with Crippen molar-refractivity contribution in [2.45, 2.75) is 33.2 Å². The van der Waals surface area contributed by atoms with Gasteiger partial charge in [0.15, 0.2) is 21.3 Å². The van der Waals surface area contributed by atoms with Crippen LogP contribution in [0.15, 0.2) is 18.2 Å². The third-order valence-corrected chi connectivity index (χ3v) is 5.80. The van der Waals surface area contributed by atoms with Crippen LogP contribution in [-0.4, -0.2) is 39.0 Å². The molecule has 6 nitrogen and oxygen atoms in total. The number of nitrogens with one attached hydrogen (secondary N) is 1. The average Bonchev–Trinajstić information content (AvgIpc) is 2.89. The minimum Gasteiger partial charge on any atom is -0.490 e. The molecular weight excluding hydrogens is 330 g/mol. The van der Waals surface area contributed by atoms with Gasteiger partial charge in [-0.1, -0.05) is 6.07 Å². The van der Waals surface area contributed by atoms with E-state index in [9.17, 15) is 13.2 Å². The van der Waals surface area contributed by atoms with E-state index in [1.54, 1.807) is 0 Å². The molecule has 1 N–H and O–H groups in total. The van der Waals surface area contributed by atoms with Gasteiger partial charge in [0.2, 0.25) is 5.91 Å². The van der Waals surface area contributed by atoms with Gasteiger partial charge in [-0.2, -0.15) is 0 Å². The fraction of sp³-hybridized carbons (Fsp3) is 0.588. The monoisotopic (exact) mass is 355 g/mol. The molecule has 1 aliphatic rings. The van der Waals surface area contributed by atoms with Crippen LogP contribution in [0.25, 0.3) is 0 Å². The van der Waals surface area contributed by atoms with Crippen LogP contribution in [-0.2, 0) is 14.6 Å². The molecule has 0 aromatic heterocycles. The number of hydrogen-bond donors (Lipinski definition) is 1. The van der Waals surface area contributed by atoms with Gasteiger partial charge in [0, 0.05) is 0 Å². The summed E-state index contributed by atoms with van der Waals surface area (Å²) in [6, 6.07) is 5.32. The third-order valence-electron chi connectivity index (χ3n) is 4.03. The maximum atomic E-state index is 12.3. The summed E-state index contributed by atoms with van der Waals surface area (Å²) < 4.78 is 34.1. The predicted molar refractivity (Wildman–Crippen MR) is 92.1 cm³/mol. The minimum absolute atomic E-state index is 0.0565. The lowest BCUT2D eigenvalue weighted by Gasteiger charge is -2.19. The molecule has 0 saturated carbocycles. The SMILES string of the molecule is CCOc1ccc([C@@H](C)NC(=O)[C@H]2CCS(=O)(=O)C2)cc1OCC. The Kier molecular flexibility index (Phi) is 6.10. The molecule has 1 fully saturated rings. The Hall–Kier alpha value is -1.76. The van der Waals surface area contributed by atoms with E-state index in [2.05, 4.69) is 5.32 Å². The molecule has 0 spiro atoms. The standard InChI is InChI=1S/C17H25NO5S/c1-4-22-15-7-6-13(10-16(15)23-5-2)12(3)18-17(19)14-8-9-24(20,21)11-14/h6-7,10,12,14H,4-5,8-9,11H2,1-3H3,(H,18,19)/t12-,14+/m1/s1. The lowest BCUT2D eigenvalue weighted by atomic mass is 10.0. The molecule has 134 valence electrons. The van der Waals surface area contributed by atoms with Crippen molar-refractivity contribution in [3.63, 3.8) is 0 Å². The predicted octanol–water partition coefficient (Wildman–Crippen LogP) is 2.10. The van der Waals surface area contributed by atoms with Crippen LogP contribution in [0.4, 0.5) is 0 Å². The number of benzene rings is 1. The number of carbonyl (C=O) groups is 1. The number of ether oxygens (including phenoxy) is 2.